The Morgan fingerprint density at radius 2 is 1.68 bits per heavy atom. The summed E-state index contributed by atoms with van der Waals surface area (Å²) < 4.78 is 0. The van der Waals surface area contributed by atoms with Gasteiger partial charge in [0.15, 0.2) is 0 Å². The minimum Gasteiger partial charge on any atom is -0.355 e. The van der Waals surface area contributed by atoms with Crippen molar-refractivity contribution < 1.29 is 4.79 Å². The summed E-state index contributed by atoms with van der Waals surface area (Å²) in [6, 6.07) is 0.658. The summed E-state index contributed by atoms with van der Waals surface area (Å²) in [5.41, 5.74) is 0.698. The third-order valence-corrected chi connectivity index (χ3v) is 5.68. The molecule has 1 unspecified atom stereocenters. The lowest BCUT2D eigenvalue weighted by atomic mass is 9.71. The van der Waals surface area contributed by atoms with Crippen molar-refractivity contribution in [1.82, 2.24) is 10.6 Å². The highest BCUT2D eigenvalue weighted by Crippen LogP contribution is 2.48. The molecule has 108 valence electrons. The van der Waals surface area contributed by atoms with Crippen molar-refractivity contribution in [3.8, 4) is 0 Å². The highest BCUT2D eigenvalue weighted by atomic mass is 16.2. The van der Waals surface area contributed by atoms with Gasteiger partial charge in [-0.1, -0.05) is 12.8 Å². The molecule has 1 aliphatic heterocycles. The molecule has 0 radical (unpaired) electrons. The van der Waals surface area contributed by atoms with Gasteiger partial charge in [0, 0.05) is 12.6 Å². The van der Waals surface area contributed by atoms with Crippen molar-refractivity contribution in [3.05, 3.63) is 0 Å². The lowest BCUT2D eigenvalue weighted by molar-refractivity contribution is -0.123. The molecule has 1 spiro atoms. The predicted molar refractivity (Wildman–Crippen MR) is 76.9 cm³/mol. The highest BCUT2D eigenvalue weighted by molar-refractivity contribution is 5.81. The molecule has 3 rings (SSSR count). The molecule has 3 aliphatic rings. The van der Waals surface area contributed by atoms with E-state index in [1.807, 2.05) is 0 Å². The van der Waals surface area contributed by atoms with E-state index in [0.717, 1.165) is 19.4 Å². The van der Waals surface area contributed by atoms with Crippen LogP contribution in [0.3, 0.4) is 0 Å². The Hall–Kier alpha value is -0.570. The van der Waals surface area contributed by atoms with Crippen LogP contribution in [-0.4, -0.2) is 24.5 Å². The van der Waals surface area contributed by atoms with E-state index < -0.39 is 0 Å². The normalized spacial score (nSPS) is 32.2. The van der Waals surface area contributed by atoms with Crippen molar-refractivity contribution in [2.24, 2.45) is 5.41 Å². The van der Waals surface area contributed by atoms with Crippen LogP contribution in [-0.2, 0) is 4.79 Å². The van der Waals surface area contributed by atoms with Crippen LogP contribution in [0.25, 0.3) is 0 Å². The zero-order chi connectivity index (χ0) is 13.1. The Bertz CT molecular complexity index is 313. The topological polar surface area (TPSA) is 41.1 Å². The number of amides is 1. The average molecular weight is 264 g/mol. The first kappa shape index (κ1) is 13.4. The molecule has 0 aromatic heterocycles. The Morgan fingerprint density at radius 1 is 0.947 bits per heavy atom. The smallest absolute Gasteiger partial charge is 0.237 e. The molecule has 1 saturated heterocycles. The van der Waals surface area contributed by atoms with Gasteiger partial charge < -0.3 is 10.6 Å². The second-order valence-corrected chi connectivity index (χ2v) is 6.99. The molecule has 1 amide bonds. The van der Waals surface area contributed by atoms with Crippen molar-refractivity contribution >= 4 is 5.91 Å². The van der Waals surface area contributed by atoms with Crippen LogP contribution in [0, 0.1) is 5.41 Å². The quantitative estimate of drug-likeness (QED) is 0.805. The summed E-state index contributed by atoms with van der Waals surface area (Å²) in [5, 5.41) is 6.67. The first-order valence-electron chi connectivity index (χ1n) is 8.31. The second kappa shape index (κ2) is 5.82. The summed E-state index contributed by atoms with van der Waals surface area (Å²) in [6.07, 6.45) is 14.5. The molecule has 1 heterocycles. The Kier molecular flexibility index (Phi) is 4.11. The summed E-state index contributed by atoms with van der Waals surface area (Å²) in [5.74, 6) is 0.235. The minimum atomic E-state index is 0.0742. The highest BCUT2D eigenvalue weighted by Gasteiger charge is 2.38. The Balaban J connectivity index is 1.49. The Labute approximate surface area is 116 Å². The monoisotopic (exact) mass is 264 g/mol. The molecule has 0 aromatic carbocycles. The van der Waals surface area contributed by atoms with Gasteiger partial charge in [-0.3, -0.25) is 4.79 Å². The van der Waals surface area contributed by atoms with Gasteiger partial charge in [0.05, 0.1) is 6.04 Å². The standard InChI is InChI=1S/C16H28N2O/c19-15-14(5-1-4-12-17-15)18-13-6-10-16(11-7-13)8-2-3-9-16/h13-14,18H,1-12H2,(H,17,19). The fourth-order valence-electron chi connectivity index (χ4n) is 4.40. The number of rotatable bonds is 2. The van der Waals surface area contributed by atoms with Gasteiger partial charge in [-0.05, 0) is 63.2 Å². The minimum absolute atomic E-state index is 0.0742. The summed E-state index contributed by atoms with van der Waals surface area (Å²) in [7, 11) is 0. The van der Waals surface area contributed by atoms with Crippen LogP contribution in [0.2, 0.25) is 0 Å². The Morgan fingerprint density at radius 3 is 2.42 bits per heavy atom. The maximum Gasteiger partial charge on any atom is 0.237 e. The molecule has 2 aliphatic carbocycles. The maximum atomic E-state index is 12.0. The van der Waals surface area contributed by atoms with Gasteiger partial charge in [-0.25, -0.2) is 0 Å². The molecule has 2 saturated carbocycles. The average Bonchev–Trinajstić information content (AvgIpc) is 2.78. The summed E-state index contributed by atoms with van der Waals surface area (Å²) >= 11 is 0. The zero-order valence-electron chi connectivity index (χ0n) is 12.0. The number of nitrogens with one attached hydrogen (secondary N) is 2. The third-order valence-electron chi connectivity index (χ3n) is 5.68. The van der Waals surface area contributed by atoms with Crippen molar-refractivity contribution in [3.63, 3.8) is 0 Å². The molecule has 3 heteroatoms. The van der Waals surface area contributed by atoms with Crippen LogP contribution in [0.4, 0.5) is 0 Å². The lowest BCUT2D eigenvalue weighted by Crippen LogP contribution is -2.49. The zero-order valence-corrected chi connectivity index (χ0v) is 12.0. The fourth-order valence-corrected chi connectivity index (χ4v) is 4.40. The van der Waals surface area contributed by atoms with E-state index in [9.17, 15) is 4.79 Å². The first-order valence-corrected chi connectivity index (χ1v) is 8.31. The van der Waals surface area contributed by atoms with Crippen molar-refractivity contribution in [1.29, 1.82) is 0 Å². The molecule has 0 aromatic rings. The van der Waals surface area contributed by atoms with Gasteiger partial charge in [0.2, 0.25) is 5.91 Å². The van der Waals surface area contributed by atoms with Gasteiger partial charge in [-0.2, -0.15) is 0 Å². The molecule has 19 heavy (non-hydrogen) atoms. The van der Waals surface area contributed by atoms with Crippen LogP contribution < -0.4 is 10.6 Å². The molecular weight excluding hydrogens is 236 g/mol. The number of carbonyl (C=O) groups is 1. The van der Waals surface area contributed by atoms with Gasteiger partial charge in [-0.15, -0.1) is 0 Å². The SMILES string of the molecule is O=C1NCCCCC1NC1CCC2(CCCC2)CC1. The summed E-state index contributed by atoms with van der Waals surface area (Å²) in [6.45, 7) is 0.866. The fraction of sp³-hybridized carbons (Fsp3) is 0.938. The molecule has 1 atom stereocenters. The van der Waals surface area contributed by atoms with Gasteiger partial charge >= 0.3 is 0 Å². The number of carbonyl (C=O) groups excluding carboxylic acids is 1. The number of hydrogen-bond acceptors (Lipinski definition) is 2. The molecule has 2 N–H and O–H groups in total. The molecule has 3 nitrogen and oxygen atoms in total. The van der Waals surface area contributed by atoms with Gasteiger partial charge in [0.1, 0.15) is 0 Å². The van der Waals surface area contributed by atoms with E-state index in [4.69, 9.17) is 0 Å². The van der Waals surface area contributed by atoms with Crippen LogP contribution in [0.5, 0.6) is 0 Å². The lowest BCUT2D eigenvalue weighted by Gasteiger charge is -2.38. The first-order chi connectivity index (χ1) is 9.27. The van der Waals surface area contributed by atoms with E-state index in [0.29, 0.717) is 11.5 Å². The van der Waals surface area contributed by atoms with E-state index in [-0.39, 0.29) is 11.9 Å². The van der Waals surface area contributed by atoms with E-state index in [1.165, 1.54) is 57.8 Å². The maximum absolute atomic E-state index is 12.0. The second-order valence-electron chi connectivity index (χ2n) is 6.99. The third kappa shape index (κ3) is 3.13. The number of hydrogen-bond donors (Lipinski definition) is 2. The van der Waals surface area contributed by atoms with Crippen LogP contribution in [0.15, 0.2) is 0 Å². The predicted octanol–water partition coefficient (Wildman–Crippen LogP) is 2.75. The van der Waals surface area contributed by atoms with Crippen LogP contribution >= 0.6 is 0 Å². The van der Waals surface area contributed by atoms with Crippen LogP contribution in [0.1, 0.15) is 70.6 Å². The molecule has 3 fully saturated rings. The van der Waals surface area contributed by atoms with E-state index in [2.05, 4.69) is 10.6 Å². The van der Waals surface area contributed by atoms with E-state index in [1.54, 1.807) is 0 Å². The van der Waals surface area contributed by atoms with Crippen molar-refractivity contribution in [2.45, 2.75) is 82.7 Å². The van der Waals surface area contributed by atoms with E-state index >= 15 is 0 Å². The van der Waals surface area contributed by atoms with Gasteiger partial charge in [0.25, 0.3) is 0 Å². The molecular formula is C16H28N2O. The largest absolute Gasteiger partial charge is 0.355 e. The van der Waals surface area contributed by atoms with Crippen molar-refractivity contribution in [2.75, 3.05) is 6.54 Å². The molecule has 0 bridgehead atoms. The summed E-state index contributed by atoms with van der Waals surface area (Å²) in [4.78, 5) is 12.0.